The molecule has 1 saturated carbocycles. The zero-order chi connectivity index (χ0) is 11.4. The smallest absolute Gasteiger partial charge is 0.249 e. The lowest BCUT2D eigenvalue weighted by Crippen LogP contribution is -2.55. The van der Waals surface area contributed by atoms with Crippen molar-refractivity contribution in [2.45, 2.75) is 56.6 Å². The normalized spacial score (nSPS) is 28.9. The van der Waals surface area contributed by atoms with E-state index in [1.54, 1.807) is 0 Å². The van der Waals surface area contributed by atoms with Crippen LogP contribution < -0.4 is 5.32 Å². The molecule has 2 fully saturated rings. The van der Waals surface area contributed by atoms with Gasteiger partial charge in [0.1, 0.15) is 6.10 Å². The van der Waals surface area contributed by atoms with E-state index in [1.807, 2.05) is 0 Å². The molecule has 4 heteroatoms. The number of nitrogens with one attached hydrogen (secondary N) is 1. The minimum absolute atomic E-state index is 0.0338. The molecule has 0 aromatic heterocycles. The number of hydrogen-bond donors (Lipinski definition) is 2. The largest absolute Gasteiger partial charge is 0.394 e. The predicted octanol–water partition coefficient (Wildman–Crippen LogP) is 0.977. The van der Waals surface area contributed by atoms with Gasteiger partial charge >= 0.3 is 0 Å². The number of amides is 1. The van der Waals surface area contributed by atoms with Crippen LogP contribution in [0, 0.1) is 0 Å². The maximum atomic E-state index is 11.9. The van der Waals surface area contributed by atoms with Gasteiger partial charge in [0.25, 0.3) is 0 Å². The fourth-order valence-electron chi connectivity index (χ4n) is 2.68. The summed E-state index contributed by atoms with van der Waals surface area (Å²) in [6.07, 6.45) is 6.66. The maximum Gasteiger partial charge on any atom is 0.249 e. The third-order valence-electron chi connectivity index (χ3n) is 3.72. The van der Waals surface area contributed by atoms with Crippen molar-refractivity contribution in [2.24, 2.45) is 0 Å². The fraction of sp³-hybridized carbons (Fsp3) is 0.917. The molecule has 4 nitrogen and oxygen atoms in total. The summed E-state index contributed by atoms with van der Waals surface area (Å²) in [5.74, 6) is -0.0338. The van der Waals surface area contributed by atoms with Crippen LogP contribution in [0.4, 0.5) is 0 Å². The van der Waals surface area contributed by atoms with E-state index in [0.29, 0.717) is 6.61 Å². The first-order valence-corrected chi connectivity index (χ1v) is 6.30. The Hall–Kier alpha value is -0.610. The molecule has 1 atom stereocenters. The number of aliphatic hydroxyl groups excluding tert-OH is 1. The van der Waals surface area contributed by atoms with Crippen molar-refractivity contribution in [1.82, 2.24) is 5.32 Å². The number of carbonyl (C=O) groups is 1. The Morgan fingerprint density at radius 1 is 1.31 bits per heavy atom. The Kier molecular flexibility index (Phi) is 3.82. The Bertz CT molecular complexity index is 243. The lowest BCUT2D eigenvalue weighted by atomic mass is 9.82. The van der Waals surface area contributed by atoms with Crippen molar-refractivity contribution in [3.05, 3.63) is 0 Å². The van der Waals surface area contributed by atoms with Gasteiger partial charge in [-0.25, -0.2) is 0 Å². The van der Waals surface area contributed by atoms with E-state index in [0.717, 1.165) is 38.5 Å². The molecule has 1 aliphatic heterocycles. The molecule has 1 saturated heterocycles. The summed E-state index contributed by atoms with van der Waals surface area (Å²) in [4.78, 5) is 11.9. The first-order chi connectivity index (χ1) is 7.76. The van der Waals surface area contributed by atoms with Gasteiger partial charge in [0.2, 0.25) is 5.91 Å². The minimum atomic E-state index is -0.374. The standard InChI is InChI=1S/C12H21NO3/c14-9-12(6-2-1-3-7-12)13-11(15)10-5-4-8-16-10/h10,14H,1-9H2,(H,13,15)/t10-/m0/s1. The molecule has 2 N–H and O–H groups in total. The Morgan fingerprint density at radius 2 is 2.06 bits per heavy atom. The second-order valence-corrected chi connectivity index (χ2v) is 4.99. The van der Waals surface area contributed by atoms with Crippen molar-refractivity contribution in [2.75, 3.05) is 13.2 Å². The molecule has 1 aliphatic carbocycles. The van der Waals surface area contributed by atoms with Crippen LogP contribution in [0.2, 0.25) is 0 Å². The molecule has 0 radical (unpaired) electrons. The molecule has 0 bridgehead atoms. The quantitative estimate of drug-likeness (QED) is 0.755. The van der Waals surface area contributed by atoms with E-state index in [2.05, 4.69) is 5.32 Å². The van der Waals surface area contributed by atoms with Crippen LogP contribution in [0.15, 0.2) is 0 Å². The highest BCUT2D eigenvalue weighted by atomic mass is 16.5. The summed E-state index contributed by atoms with van der Waals surface area (Å²) in [7, 11) is 0. The van der Waals surface area contributed by atoms with E-state index in [-0.39, 0.29) is 24.2 Å². The number of rotatable bonds is 3. The molecule has 0 spiro atoms. The molecule has 1 heterocycles. The lowest BCUT2D eigenvalue weighted by molar-refractivity contribution is -0.133. The Balaban J connectivity index is 1.91. The molecule has 0 aromatic carbocycles. The topological polar surface area (TPSA) is 58.6 Å². The monoisotopic (exact) mass is 227 g/mol. The van der Waals surface area contributed by atoms with Crippen LogP contribution in [-0.2, 0) is 9.53 Å². The molecule has 2 aliphatic rings. The summed E-state index contributed by atoms with van der Waals surface area (Å²) in [5, 5.41) is 12.5. The molecule has 2 rings (SSSR count). The van der Waals surface area contributed by atoms with Crippen LogP contribution in [0.25, 0.3) is 0 Å². The highest BCUT2D eigenvalue weighted by Crippen LogP contribution is 2.28. The third kappa shape index (κ3) is 2.55. The second kappa shape index (κ2) is 5.15. The van der Waals surface area contributed by atoms with E-state index in [1.165, 1.54) is 6.42 Å². The number of ether oxygens (including phenoxy) is 1. The molecule has 0 unspecified atom stereocenters. The summed E-state index contributed by atoms with van der Waals surface area (Å²) < 4.78 is 5.35. The van der Waals surface area contributed by atoms with Gasteiger partial charge in [-0.05, 0) is 25.7 Å². The van der Waals surface area contributed by atoms with Gasteiger partial charge in [-0.3, -0.25) is 4.79 Å². The molecular formula is C12H21NO3. The van der Waals surface area contributed by atoms with E-state index in [9.17, 15) is 9.90 Å². The summed E-state index contributed by atoms with van der Waals surface area (Å²) in [6, 6.07) is 0. The first-order valence-electron chi connectivity index (χ1n) is 6.30. The SMILES string of the molecule is O=C(NC1(CO)CCCCC1)[C@@H]1CCCO1. The Morgan fingerprint density at radius 3 is 2.62 bits per heavy atom. The Labute approximate surface area is 96.4 Å². The highest BCUT2D eigenvalue weighted by molar-refractivity contribution is 5.81. The summed E-state index contributed by atoms with van der Waals surface area (Å²) in [5.41, 5.74) is -0.374. The van der Waals surface area contributed by atoms with Gasteiger partial charge in [0, 0.05) is 6.61 Å². The average Bonchev–Trinajstić information content (AvgIpc) is 2.84. The van der Waals surface area contributed by atoms with Crippen LogP contribution in [0.5, 0.6) is 0 Å². The van der Waals surface area contributed by atoms with E-state index >= 15 is 0 Å². The fourth-order valence-corrected chi connectivity index (χ4v) is 2.68. The summed E-state index contributed by atoms with van der Waals surface area (Å²) in [6.45, 7) is 0.732. The minimum Gasteiger partial charge on any atom is -0.394 e. The highest BCUT2D eigenvalue weighted by Gasteiger charge is 2.35. The number of aliphatic hydroxyl groups is 1. The molecule has 0 aromatic rings. The van der Waals surface area contributed by atoms with Crippen molar-refractivity contribution >= 4 is 5.91 Å². The molecule has 92 valence electrons. The van der Waals surface area contributed by atoms with Gasteiger partial charge in [-0.15, -0.1) is 0 Å². The van der Waals surface area contributed by atoms with Crippen molar-refractivity contribution in [3.8, 4) is 0 Å². The zero-order valence-electron chi connectivity index (χ0n) is 9.71. The first kappa shape index (κ1) is 11.9. The van der Waals surface area contributed by atoms with Crippen LogP contribution in [0.1, 0.15) is 44.9 Å². The van der Waals surface area contributed by atoms with Gasteiger partial charge in [-0.1, -0.05) is 19.3 Å². The average molecular weight is 227 g/mol. The van der Waals surface area contributed by atoms with Gasteiger partial charge in [-0.2, -0.15) is 0 Å². The van der Waals surface area contributed by atoms with Crippen LogP contribution in [-0.4, -0.2) is 35.9 Å². The lowest BCUT2D eigenvalue weighted by Gasteiger charge is -2.37. The predicted molar refractivity (Wildman–Crippen MR) is 60.0 cm³/mol. The van der Waals surface area contributed by atoms with Crippen molar-refractivity contribution < 1.29 is 14.6 Å². The van der Waals surface area contributed by atoms with Crippen molar-refractivity contribution in [3.63, 3.8) is 0 Å². The van der Waals surface area contributed by atoms with E-state index < -0.39 is 0 Å². The van der Waals surface area contributed by atoms with Crippen molar-refractivity contribution in [1.29, 1.82) is 0 Å². The van der Waals surface area contributed by atoms with Gasteiger partial charge in [0.05, 0.1) is 12.1 Å². The third-order valence-corrected chi connectivity index (χ3v) is 3.72. The second-order valence-electron chi connectivity index (χ2n) is 4.99. The van der Waals surface area contributed by atoms with Gasteiger partial charge in [0.15, 0.2) is 0 Å². The summed E-state index contributed by atoms with van der Waals surface area (Å²) >= 11 is 0. The van der Waals surface area contributed by atoms with E-state index in [4.69, 9.17) is 4.74 Å². The number of carbonyl (C=O) groups excluding carboxylic acids is 1. The number of hydrogen-bond acceptors (Lipinski definition) is 3. The van der Waals surface area contributed by atoms with Crippen LogP contribution in [0.3, 0.4) is 0 Å². The zero-order valence-corrected chi connectivity index (χ0v) is 9.71. The molecule has 16 heavy (non-hydrogen) atoms. The molecule has 1 amide bonds. The maximum absolute atomic E-state index is 11.9. The van der Waals surface area contributed by atoms with Gasteiger partial charge < -0.3 is 15.2 Å². The molecular weight excluding hydrogens is 206 g/mol. The van der Waals surface area contributed by atoms with Crippen LogP contribution >= 0.6 is 0 Å².